The lowest BCUT2D eigenvalue weighted by Crippen LogP contribution is -2.32. The molecule has 2 rings (SSSR count). The van der Waals surface area contributed by atoms with E-state index in [4.69, 9.17) is 0 Å². The molecule has 0 bridgehead atoms. The van der Waals surface area contributed by atoms with Crippen LogP contribution in [0.25, 0.3) is 0 Å². The second kappa shape index (κ2) is 4.32. The van der Waals surface area contributed by atoms with Crippen molar-refractivity contribution in [3.8, 4) is 0 Å². The number of aromatic nitrogens is 2. The molecule has 0 aromatic carbocycles. The molecule has 0 spiro atoms. The molecule has 1 aromatic heterocycles. The molecule has 0 unspecified atom stereocenters. The van der Waals surface area contributed by atoms with Crippen LogP contribution in [0.15, 0.2) is 0 Å². The summed E-state index contributed by atoms with van der Waals surface area (Å²) in [4.78, 5) is 7.51. The van der Waals surface area contributed by atoms with Crippen molar-refractivity contribution in [2.45, 2.75) is 25.3 Å². The third-order valence-corrected chi connectivity index (χ3v) is 2.78. The number of hydrogen-bond donors (Lipinski definition) is 0. The van der Waals surface area contributed by atoms with Crippen LogP contribution in [0.3, 0.4) is 0 Å². The first-order chi connectivity index (χ1) is 8.59. The molecule has 0 aliphatic carbocycles. The second-order valence-corrected chi connectivity index (χ2v) is 4.30. The van der Waals surface area contributed by atoms with Gasteiger partial charge in [0.1, 0.15) is 0 Å². The Hall–Kier alpha value is -1.38. The van der Waals surface area contributed by atoms with Gasteiger partial charge in [-0.05, 0) is 13.5 Å². The summed E-state index contributed by atoms with van der Waals surface area (Å²) in [7, 11) is 1.60. The standard InChI is InChI=1S/C10H9F6N3/c1-19-3-2-5-6(4-19)17-8(10(14,15)16)18-7(5)9(11,12)13/h2-4H2,1H3. The van der Waals surface area contributed by atoms with Gasteiger partial charge in [0.25, 0.3) is 0 Å². The van der Waals surface area contributed by atoms with Gasteiger partial charge in [0, 0.05) is 18.7 Å². The van der Waals surface area contributed by atoms with Gasteiger partial charge in [-0.25, -0.2) is 9.97 Å². The predicted molar refractivity (Wildman–Crippen MR) is 52.1 cm³/mol. The van der Waals surface area contributed by atoms with Gasteiger partial charge in [0.2, 0.25) is 5.82 Å². The first-order valence-corrected chi connectivity index (χ1v) is 5.32. The Bertz CT molecular complexity index is 493. The zero-order chi connectivity index (χ0) is 14.4. The van der Waals surface area contributed by atoms with E-state index in [-0.39, 0.29) is 24.2 Å². The van der Waals surface area contributed by atoms with Crippen molar-refractivity contribution in [2.75, 3.05) is 13.6 Å². The summed E-state index contributed by atoms with van der Waals surface area (Å²) < 4.78 is 75.9. The van der Waals surface area contributed by atoms with Gasteiger partial charge in [0.05, 0.1) is 5.69 Å². The minimum absolute atomic E-state index is 0.0151. The second-order valence-electron chi connectivity index (χ2n) is 4.30. The van der Waals surface area contributed by atoms with Crippen LogP contribution < -0.4 is 0 Å². The summed E-state index contributed by atoms with van der Waals surface area (Å²) in [6.07, 6.45) is -9.92. The SMILES string of the molecule is CN1CCc2c(nc(C(F)(F)F)nc2C(F)(F)F)C1. The molecule has 1 aliphatic rings. The molecule has 106 valence electrons. The van der Waals surface area contributed by atoms with Crippen LogP contribution in [-0.2, 0) is 25.3 Å². The highest BCUT2D eigenvalue weighted by molar-refractivity contribution is 5.31. The maximum absolute atomic E-state index is 12.8. The highest BCUT2D eigenvalue weighted by Gasteiger charge is 2.43. The predicted octanol–water partition coefficient (Wildman–Crippen LogP) is 2.50. The number of fused-ring (bicyclic) bond motifs is 1. The van der Waals surface area contributed by atoms with Gasteiger partial charge in [-0.3, -0.25) is 0 Å². The van der Waals surface area contributed by atoms with E-state index in [2.05, 4.69) is 9.97 Å². The maximum Gasteiger partial charge on any atom is 0.451 e. The molecule has 9 heteroatoms. The topological polar surface area (TPSA) is 29.0 Å². The van der Waals surface area contributed by atoms with Crippen LogP contribution in [0.2, 0.25) is 0 Å². The van der Waals surface area contributed by atoms with Crippen molar-refractivity contribution in [1.82, 2.24) is 14.9 Å². The molecule has 0 N–H and O–H groups in total. The lowest BCUT2D eigenvalue weighted by molar-refractivity contribution is -0.153. The van der Waals surface area contributed by atoms with E-state index < -0.39 is 23.9 Å². The smallest absolute Gasteiger partial charge is 0.300 e. The normalized spacial score (nSPS) is 17.4. The summed E-state index contributed by atoms with van der Waals surface area (Å²) in [6.45, 7) is 0.273. The molecule has 19 heavy (non-hydrogen) atoms. The molecule has 0 saturated carbocycles. The Labute approximate surface area is 104 Å². The summed E-state index contributed by atoms with van der Waals surface area (Å²) in [6, 6.07) is 0. The Kier molecular flexibility index (Phi) is 3.20. The van der Waals surface area contributed by atoms with Crippen molar-refractivity contribution in [1.29, 1.82) is 0 Å². The van der Waals surface area contributed by atoms with Gasteiger partial charge < -0.3 is 4.90 Å². The zero-order valence-corrected chi connectivity index (χ0v) is 9.73. The van der Waals surface area contributed by atoms with Crippen molar-refractivity contribution in [3.05, 3.63) is 22.8 Å². The van der Waals surface area contributed by atoms with E-state index in [0.717, 1.165) is 0 Å². The van der Waals surface area contributed by atoms with E-state index in [9.17, 15) is 26.3 Å². The highest BCUT2D eigenvalue weighted by Crippen LogP contribution is 2.36. The van der Waals surface area contributed by atoms with Crippen LogP contribution in [0.4, 0.5) is 26.3 Å². The fraction of sp³-hybridized carbons (Fsp3) is 0.600. The molecular weight excluding hydrogens is 276 g/mol. The molecule has 3 nitrogen and oxygen atoms in total. The molecule has 0 radical (unpaired) electrons. The van der Waals surface area contributed by atoms with Crippen LogP contribution in [0, 0.1) is 0 Å². The molecule has 0 fully saturated rings. The number of likely N-dealkylation sites (N-methyl/N-ethyl adjacent to an activating group) is 1. The minimum atomic E-state index is -4.99. The Morgan fingerprint density at radius 3 is 2.16 bits per heavy atom. The molecule has 0 saturated heterocycles. The van der Waals surface area contributed by atoms with Gasteiger partial charge in [-0.1, -0.05) is 0 Å². The summed E-state index contributed by atoms with van der Waals surface area (Å²) in [5.74, 6) is -1.74. The monoisotopic (exact) mass is 285 g/mol. The third kappa shape index (κ3) is 2.80. The summed E-state index contributed by atoms with van der Waals surface area (Å²) in [5.41, 5.74) is -1.92. The first-order valence-electron chi connectivity index (χ1n) is 5.32. The van der Waals surface area contributed by atoms with E-state index in [1.54, 1.807) is 11.9 Å². The number of hydrogen-bond acceptors (Lipinski definition) is 3. The minimum Gasteiger partial charge on any atom is -0.300 e. The lowest BCUT2D eigenvalue weighted by atomic mass is 10.0. The van der Waals surface area contributed by atoms with Gasteiger partial charge in [-0.2, -0.15) is 26.3 Å². The number of halogens is 6. The van der Waals surface area contributed by atoms with Gasteiger partial charge in [-0.15, -0.1) is 0 Å². The van der Waals surface area contributed by atoms with Gasteiger partial charge >= 0.3 is 12.4 Å². The van der Waals surface area contributed by atoms with Crippen molar-refractivity contribution in [2.24, 2.45) is 0 Å². The quantitative estimate of drug-likeness (QED) is 0.686. The largest absolute Gasteiger partial charge is 0.451 e. The average Bonchev–Trinajstić information content (AvgIpc) is 2.24. The average molecular weight is 285 g/mol. The number of nitrogens with zero attached hydrogens (tertiary/aromatic N) is 3. The maximum atomic E-state index is 12.8. The van der Waals surface area contributed by atoms with E-state index in [0.29, 0.717) is 6.54 Å². The van der Waals surface area contributed by atoms with E-state index in [1.165, 1.54) is 0 Å². The van der Waals surface area contributed by atoms with E-state index in [1.807, 2.05) is 0 Å². The Balaban J connectivity index is 2.62. The molecule has 0 amide bonds. The first kappa shape index (κ1) is 14.0. The van der Waals surface area contributed by atoms with Crippen molar-refractivity contribution >= 4 is 0 Å². The molecule has 2 heterocycles. The van der Waals surface area contributed by atoms with Gasteiger partial charge in [0.15, 0.2) is 5.69 Å². The number of alkyl halides is 6. The van der Waals surface area contributed by atoms with Crippen molar-refractivity contribution < 1.29 is 26.3 Å². The molecular formula is C10H9F6N3. The van der Waals surface area contributed by atoms with E-state index >= 15 is 0 Å². The molecule has 1 aromatic rings. The molecule has 1 aliphatic heterocycles. The third-order valence-electron chi connectivity index (χ3n) is 2.78. The summed E-state index contributed by atoms with van der Waals surface area (Å²) in [5, 5.41) is 0. The Morgan fingerprint density at radius 1 is 1.00 bits per heavy atom. The Morgan fingerprint density at radius 2 is 1.63 bits per heavy atom. The van der Waals surface area contributed by atoms with Crippen LogP contribution >= 0.6 is 0 Å². The van der Waals surface area contributed by atoms with Crippen LogP contribution in [-0.4, -0.2) is 28.5 Å². The fourth-order valence-corrected chi connectivity index (χ4v) is 1.92. The zero-order valence-electron chi connectivity index (χ0n) is 9.73. The molecule has 0 atom stereocenters. The van der Waals surface area contributed by atoms with Crippen molar-refractivity contribution in [3.63, 3.8) is 0 Å². The fourth-order valence-electron chi connectivity index (χ4n) is 1.92. The van der Waals surface area contributed by atoms with Crippen LogP contribution in [0.1, 0.15) is 22.8 Å². The number of rotatable bonds is 0. The lowest BCUT2D eigenvalue weighted by Gasteiger charge is -2.26. The highest BCUT2D eigenvalue weighted by atomic mass is 19.4. The summed E-state index contributed by atoms with van der Waals surface area (Å²) >= 11 is 0. The van der Waals surface area contributed by atoms with Crippen LogP contribution in [0.5, 0.6) is 0 Å².